The van der Waals surface area contributed by atoms with E-state index < -0.39 is 5.91 Å². The fraction of sp³-hybridized carbons (Fsp3) is 0.538. The number of hydrogen-bond acceptors (Lipinski definition) is 5. The molecule has 1 heterocycles. The first-order chi connectivity index (χ1) is 9.10. The number of nitrogens with zero attached hydrogens (tertiary/aromatic N) is 1. The maximum absolute atomic E-state index is 11.1. The Morgan fingerprint density at radius 3 is 2.63 bits per heavy atom. The van der Waals surface area contributed by atoms with Crippen molar-refractivity contribution in [1.29, 1.82) is 0 Å². The van der Waals surface area contributed by atoms with Crippen molar-refractivity contribution in [3.63, 3.8) is 0 Å². The number of nitrogens with one attached hydrogen (secondary N) is 1. The third kappa shape index (κ3) is 3.53. The first-order valence-corrected chi connectivity index (χ1v) is 7.74. The molecule has 0 spiro atoms. The lowest BCUT2D eigenvalue weighted by molar-refractivity contribution is 0.0995. The first kappa shape index (κ1) is 14.0. The Labute approximate surface area is 117 Å². The minimum absolute atomic E-state index is 0.245. The average molecular weight is 280 g/mol. The molecular weight excluding hydrogens is 260 g/mol. The van der Waals surface area contributed by atoms with Crippen LogP contribution < -0.4 is 16.8 Å². The average Bonchev–Trinajstić information content (AvgIpc) is 2.42. The lowest BCUT2D eigenvalue weighted by Gasteiger charge is -2.28. The van der Waals surface area contributed by atoms with Crippen LogP contribution in [0, 0.1) is 0 Å². The Morgan fingerprint density at radius 2 is 2.05 bits per heavy atom. The highest BCUT2D eigenvalue weighted by Crippen LogP contribution is 2.29. The molecule has 0 aliphatic heterocycles. The van der Waals surface area contributed by atoms with Crippen LogP contribution in [-0.2, 0) is 0 Å². The predicted octanol–water partition coefficient (Wildman–Crippen LogP) is 1.85. The van der Waals surface area contributed by atoms with Crippen LogP contribution in [0.3, 0.4) is 0 Å². The number of aromatic nitrogens is 1. The number of amides is 1. The number of nitrogen functional groups attached to an aromatic ring is 1. The van der Waals surface area contributed by atoms with Crippen LogP contribution in [0.25, 0.3) is 0 Å². The van der Waals surface area contributed by atoms with Crippen LogP contribution in [0.4, 0.5) is 11.5 Å². The second-order valence-corrected chi connectivity index (χ2v) is 5.99. The summed E-state index contributed by atoms with van der Waals surface area (Å²) in [5.74, 6) is 0.0399. The number of rotatable bonds is 4. The van der Waals surface area contributed by atoms with Gasteiger partial charge >= 0.3 is 0 Å². The van der Waals surface area contributed by atoms with E-state index >= 15 is 0 Å². The van der Waals surface area contributed by atoms with Gasteiger partial charge in [0, 0.05) is 11.3 Å². The summed E-state index contributed by atoms with van der Waals surface area (Å²) in [7, 11) is 0. The minimum atomic E-state index is -0.533. The van der Waals surface area contributed by atoms with Gasteiger partial charge in [-0.2, -0.15) is 11.8 Å². The Morgan fingerprint density at radius 1 is 1.37 bits per heavy atom. The molecule has 1 saturated carbocycles. The molecule has 5 N–H and O–H groups in total. The van der Waals surface area contributed by atoms with Gasteiger partial charge in [-0.25, -0.2) is 4.98 Å². The number of carbonyl (C=O) groups excluding carboxylic acids is 1. The Bertz CT molecular complexity index is 458. The van der Waals surface area contributed by atoms with E-state index in [1.54, 1.807) is 12.1 Å². The molecule has 0 bridgehead atoms. The molecule has 1 aliphatic carbocycles. The molecule has 0 radical (unpaired) electrons. The SMILES string of the molecule is CSC1CCC(Nc2nc(C(N)=O)ccc2N)CC1. The van der Waals surface area contributed by atoms with Gasteiger partial charge in [0.1, 0.15) is 11.5 Å². The highest BCUT2D eigenvalue weighted by Gasteiger charge is 2.21. The number of anilines is 2. The van der Waals surface area contributed by atoms with Crippen LogP contribution in [0.15, 0.2) is 12.1 Å². The van der Waals surface area contributed by atoms with Gasteiger partial charge in [0.15, 0.2) is 0 Å². The van der Waals surface area contributed by atoms with E-state index in [9.17, 15) is 4.79 Å². The summed E-state index contributed by atoms with van der Waals surface area (Å²) in [6, 6.07) is 3.59. The monoisotopic (exact) mass is 280 g/mol. The van der Waals surface area contributed by atoms with Gasteiger partial charge in [-0.05, 0) is 44.1 Å². The molecule has 1 amide bonds. The molecule has 1 aromatic rings. The van der Waals surface area contributed by atoms with Crippen molar-refractivity contribution in [2.45, 2.75) is 37.0 Å². The molecule has 0 aromatic carbocycles. The lowest BCUT2D eigenvalue weighted by atomic mass is 9.95. The van der Waals surface area contributed by atoms with Crippen molar-refractivity contribution < 1.29 is 4.79 Å². The predicted molar refractivity (Wildman–Crippen MR) is 80.3 cm³/mol. The van der Waals surface area contributed by atoms with Crippen molar-refractivity contribution in [2.24, 2.45) is 5.73 Å². The van der Waals surface area contributed by atoms with Gasteiger partial charge in [0.05, 0.1) is 5.69 Å². The van der Waals surface area contributed by atoms with E-state index in [0.29, 0.717) is 17.5 Å². The second kappa shape index (κ2) is 6.14. The maximum Gasteiger partial charge on any atom is 0.267 e. The number of pyridine rings is 1. The smallest absolute Gasteiger partial charge is 0.267 e. The zero-order chi connectivity index (χ0) is 13.8. The lowest BCUT2D eigenvalue weighted by Crippen LogP contribution is -2.28. The molecule has 6 heteroatoms. The fourth-order valence-electron chi connectivity index (χ4n) is 2.36. The molecule has 2 rings (SSSR count). The summed E-state index contributed by atoms with van der Waals surface area (Å²) in [5.41, 5.74) is 11.9. The molecule has 0 atom stereocenters. The molecular formula is C13H20N4OS. The molecule has 0 unspecified atom stereocenters. The van der Waals surface area contributed by atoms with Crippen molar-refractivity contribution >= 4 is 29.2 Å². The molecule has 0 saturated heterocycles. The molecule has 1 aromatic heterocycles. The third-order valence-corrected chi connectivity index (χ3v) is 4.67. The van der Waals surface area contributed by atoms with E-state index in [4.69, 9.17) is 11.5 Å². The number of thioether (sulfide) groups is 1. The summed E-state index contributed by atoms with van der Waals surface area (Å²) in [6.07, 6.45) is 6.78. The Hall–Kier alpha value is -1.43. The summed E-state index contributed by atoms with van der Waals surface area (Å²) in [6.45, 7) is 0. The number of nitrogens with two attached hydrogens (primary N) is 2. The van der Waals surface area contributed by atoms with Crippen molar-refractivity contribution in [2.75, 3.05) is 17.3 Å². The first-order valence-electron chi connectivity index (χ1n) is 6.45. The zero-order valence-electron chi connectivity index (χ0n) is 11.1. The van der Waals surface area contributed by atoms with Gasteiger partial charge in [0.25, 0.3) is 5.91 Å². The standard InChI is InChI=1S/C13H20N4OS/c1-19-9-4-2-8(3-5-9)16-13-10(14)6-7-11(17-13)12(15)18/h6-9H,2-5,14H2,1H3,(H2,15,18)(H,16,17). The summed E-state index contributed by atoms with van der Waals surface area (Å²) in [5, 5.41) is 4.10. The van der Waals surface area contributed by atoms with Crippen molar-refractivity contribution in [3.8, 4) is 0 Å². The largest absolute Gasteiger partial charge is 0.396 e. The Balaban J connectivity index is 2.03. The van der Waals surface area contributed by atoms with Crippen LogP contribution in [0.5, 0.6) is 0 Å². The van der Waals surface area contributed by atoms with Crippen LogP contribution in [-0.4, -0.2) is 28.4 Å². The summed E-state index contributed by atoms with van der Waals surface area (Å²) >= 11 is 1.93. The van der Waals surface area contributed by atoms with Gasteiger partial charge in [-0.15, -0.1) is 0 Å². The summed E-state index contributed by atoms with van der Waals surface area (Å²) in [4.78, 5) is 15.3. The normalized spacial score (nSPS) is 23.0. The van der Waals surface area contributed by atoms with E-state index in [1.807, 2.05) is 11.8 Å². The van der Waals surface area contributed by atoms with Crippen LogP contribution >= 0.6 is 11.8 Å². The van der Waals surface area contributed by atoms with E-state index in [-0.39, 0.29) is 5.69 Å². The van der Waals surface area contributed by atoms with Gasteiger partial charge < -0.3 is 16.8 Å². The van der Waals surface area contributed by atoms with Crippen LogP contribution in [0.2, 0.25) is 0 Å². The minimum Gasteiger partial charge on any atom is -0.396 e. The van der Waals surface area contributed by atoms with E-state index in [1.165, 1.54) is 12.8 Å². The number of carbonyl (C=O) groups is 1. The van der Waals surface area contributed by atoms with Gasteiger partial charge in [-0.1, -0.05) is 0 Å². The second-order valence-electron chi connectivity index (χ2n) is 4.85. The highest BCUT2D eigenvalue weighted by molar-refractivity contribution is 7.99. The van der Waals surface area contributed by atoms with Crippen molar-refractivity contribution in [1.82, 2.24) is 4.98 Å². The topological polar surface area (TPSA) is 94.0 Å². The molecule has 104 valence electrons. The quantitative estimate of drug-likeness (QED) is 0.782. The summed E-state index contributed by atoms with van der Waals surface area (Å²) < 4.78 is 0. The number of hydrogen-bond donors (Lipinski definition) is 3. The molecule has 1 aliphatic rings. The highest BCUT2D eigenvalue weighted by atomic mass is 32.2. The zero-order valence-corrected chi connectivity index (χ0v) is 11.9. The fourth-order valence-corrected chi connectivity index (χ4v) is 3.10. The van der Waals surface area contributed by atoms with Gasteiger partial charge in [-0.3, -0.25) is 4.79 Å². The Kier molecular flexibility index (Phi) is 4.52. The van der Waals surface area contributed by atoms with E-state index in [0.717, 1.165) is 18.1 Å². The maximum atomic E-state index is 11.1. The molecule has 19 heavy (non-hydrogen) atoms. The van der Waals surface area contributed by atoms with Crippen LogP contribution in [0.1, 0.15) is 36.2 Å². The third-order valence-electron chi connectivity index (χ3n) is 3.53. The molecule has 5 nitrogen and oxygen atoms in total. The van der Waals surface area contributed by atoms with E-state index in [2.05, 4.69) is 16.6 Å². The van der Waals surface area contributed by atoms with Crippen molar-refractivity contribution in [3.05, 3.63) is 17.8 Å². The number of primary amides is 1. The molecule has 1 fully saturated rings. The van der Waals surface area contributed by atoms with Gasteiger partial charge in [0.2, 0.25) is 0 Å².